The van der Waals surface area contributed by atoms with Gasteiger partial charge in [0.2, 0.25) is 11.8 Å². The zero-order valence-electron chi connectivity index (χ0n) is 9.32. The fourth-order valence-electron chi connectivity index (χ4n) is 1.11. The molecule has 1 rings (SSSR count). The SMILES string of the molecule is COc1nc(C(C)C)c(OCC#N)nc1I. The Morgan fingerprint density at radius 1 is 1.38 bits per heavy atom. The van der Waals surface area contributed by atoms with E-state index in [1.807, 2.05) is 42.5 Å². The first-order valence-corrected chi connectivity index (χ1v) is 5.79. The standard InChI is InChI=1S/C10H12IN3O2/c1-6(2)7-9(16-5-4-12)14-8(11)10(13-7)15-3/h6H,5H2,1-3H3. The van der Waals surface area contributed by atoms with E-state index in [0.29, 0.717) is 21.2 Å². The Balaban J connectivity index is 3.15. The maximum absolute atomic E-state index is 8.48. The van der Waals surface area contributed by atoms with Crippen molar-refractivity contribution in [2.24, 2.45) is 0 Å². The van der Waals surface area contributed by atoms with Crippen molar-refractivity contribution in [3.05, 3.63) is 9.39 Å². The van der Waals surface area contributed by atoms with Gasteiger partial charge in [0.1, 0.15) is 11.8 Å². The maximum Gasteiger partial charge on any atom is 0.246 e. The van der Waals surface area contributed by atoms with Crippen LogP contribution in [-0.4, -0.2) is 23.7 Å². The lowest BCUT2D eigenvalue weighted by Crippen LogP contribution is -2.07. The van der Waals surface area contributed by atoms with Crippen LogP contribution < -0.4 is 9.47 Å². The number of halogens is 1. The van der Waals surface area contributed by atoms with Gasteiger partial charge in [0.25, 0.3) is 0 Å². The van der Waals surface area contributed by atoms with Gasteiger partial charge in [-0.1, -0.05) is 13.8 Å². The normalized spacial score (nSPS) is 10.0. The molecule has 1 heterocycles. The molecule has 0 aliphatic carbocycles. The van der Waals surface area contributed by atoms with Gasteiger partial charge < -0.3 is 9.47 Å². The van der Waals surface area contributed by atoms with E-state index in [1.165, 1.54) is 0 Å². The van der Waals surface area contributed by atoms with Gasteiger partial charge >= 0.3 is 0 Å². The van der Waals surface area contributed by atoms with Crippen LogP contribution in [0.2, 0.25) is 0 Å². The van der Waals surface area contributed by atoms with E-state index in [1.54, 1.807) is 7.11 Å². The Kier molecular flexibility index (Phi) is 4.73. The van der Waals surface area contributed by atoms with E-state index < -0.39 is 0 Å². The van der Waals surface area contributed by atoms with Crippen LogP contribution in [0.15, 0.2) is 0 Å². The lowest BCUT2D eigenvalue weighted by atomic mass is 10.1. The smallest absolute Gasteiger partial charge is 0.246 e. The van der Waals surface area contributed by atoms with Crippen molar-refractivity contribution >= 4 is 22.6 Å². The van der Waals surface area contributed by atoms with Crippen molar-refractivity contribution in [3.8, 4) is 17.8 Å². The third-order valence-electron chi connectivity index (χ3n) is 1.83. The fourth-order valence-corrected chi connectivity index (χ4v) is 1.67. The number of ether oxygens (including phenoxy) is 2. The lowest BCUT2D eigenvalue weighted by Gasteiger charge is -2.12. The van der Waals surface area contributed by atoms with Gasteiger partial charge in [-0.15, -0.1) is 0 Å². The second-order valence-corrected chi connectivity index (χ2v) is 4.34. The lowest BCUT2D eigenvalue weighted by molar-refractivity contribution is 0.333. The minimum atomic E-state index is -0.0309. The highest BCUT2D eigenvalue weighted by molar-refractivity contribution is 14.1. The van der Waals surface area contributed by atoms with Crippen LogP contribution in [0, 0.1) is 15.0 Å². The second-order valence-electron chi connectivity index (χ2n) is 3.32. The molecule has 0 saturated heterocycles. The molecule has 0 fully saturated rings. The van der Waals surface area contributed by atoms with Crippen LogP contribution in [0.1, 0.15) is 25.5 Å². The van der Waals surface area contributed by atoms with Crippen molar-refractivity contribution in [3.63, 3.8) is 0 Å². The van der Waals surface area contributed by atoms with Crippen LogP contribution in [0.5, 0.6) is 11.8 Å². The molecule has 0 aliphatic rings. The molecular formula is C10H12IN3O2. The molecule has 1 aromatic rings. The third kappa shape index (κ3) is 2.95. The zero-order chi connectivity index (χ0) is 12.1. The molecule has 16 heavy (non-hydrogen) atoms. The highest BCUT2D eigenvalue weighted by Crippen LogP contribution is 2.27. The maximum atomic E-state index is 8.48. The molecule has 6 heteroatoms. The Morgan fingerprint density at radius 2 is 2.06 bits per heavy atom. The molecule has 5 nitrogen and oxygen atoms in total. The van der Waals surface area contributed by atoms with Gasteiger partial charge in [-0.2, -0.15) is 10.2 Å². The van der Waals surface area contributed by atoms with Crippen molar-refractivity contribution in [2.45, 2.75) is 19.8 Å². The van der Waals surface area contributed by atoms with Gasteiger partial charge in [-0.05, 0) is 22.6 Å². The average Bonchev–Trinajstić information content (AvgIpc) is 2.25. The first-order valence-electron chi connectivity index (χ1n) is 4.71. The molecule has 0 radical (unpaired) electrons. The van der Waals surface area contributed by atoms with Crippen LogP contribution in [0.4, 0.5) is 0 Å². The monoisotopic (exact) mass is 333 g/mol. The summed E-state index contributed by atoms with van der Waals surface area (Å²) in [5.74, 6) is 1.04. The van der Waals surface area contributed by atoms with Crippen molar-refractivity contribution in [1.82, 2.24) is 9.97 Å². The van der Waals surface area contributed by atoms with Crippen LogP contribution in [0.25, 0.3) is 0 Å². The number of hydrogen-bond acceptors (Lipinski definition) is 5. The van der Waals surface area contributed by atoms with Crippen molar-refractivity contribution < 1.29 is 9.47 Å². The molecule has 0 N–H and O–H groups in total. The summed E-state index contributed by atoms with van der Waals surface area (Å²) in [6.45, 7) is 3.93. The Morgan fingerprint density at radius 3 is 2.56 bits per heavy atom. The molecule has 1 aromatic heterocycles. The summed E-state index contributed by atoms with van der Waals surface area (Å²) in [7, 11) is 1.55. The molecule has 0 aromatic carbocycles. The van der Waals surface area contributed by atoms with E-state index in [2.05, 4.69) is 9.97 Å². The van der Waals surface area contributed by atoms with E-state index in [9.17, 15) is 0 Å². The number of rotatable bonds is 4. The van der Waals surface area contributed by atoms with E-state index in [-0.39, 0.29) is 12.5 Å². The van der Waals surface area contributed by atoms with Crippen molar-refractivity contribution in [1.29, 1.82) is 5.26 Å². The topological polar surface area (TPSA) is 68.0 Å². The summed E-state index contributed by atoms with van der Waals surface area (Å²) in [6, 6.07) is 1.91. The first kappa shape index (κ1) is 13.0. The van der Waals surface area contributed by atoms with Gasteiger partial charge in [0.05, 0.1) is 7.11 Å². The predicted molar refractivity (Wildman–Crippen MR) is 66.5 cm³/mol. The van der Waals surface area contributed by atoms with Gasteiger partial charge in [-0.25, -0.2) is 4.98 Å². The third-order valence-corrected chi connectivity index (χ3v) is 2.53. The molecule has 86 valence electrons. The van der Waals surface area contributed by atoms with Crippen LogP contribution in [-0.2, 0) is 0 Å². The highest BCUT2D eigenvalue weighted by Gasteiger charge is 2.16. The second kappa shape index (κ2) is 5.84. The van der Waals surface area contributed by atoms with E-state index in [4.69, 9.17) is 14.7 Å². The van der Waals surface area contributed by atoms with Crippen molar-refractivity contribution in [2.75, 3.05) is 13.7 Å². The van der Waals surface area contributed by atoms with Gasteiger partial charge in [0, 0.05) is 5.92 Å². The van der Waals surface area contributed by atoms with Crippen LogP contribution in [0.3, 0.4) is 0 Å². The van der Waals surface area contributed by atoms with Gasteiger partial charge in [0.15, 0.2) is 10.3 Å². The number of nitriles is 1. The molecule has 0 atom stereocenters. The molecule has 0 spiro atoms. The summed E-state index contributed by atoms with van der Waals surface area (Å²) >= 11 is 2.02. The summed E-state index contributed by atoms with van der Waals surface area (Å²) < 4.78 is 10.9. The molecular weight excluding hydrogens is 321 g/mol. The molecule has 0 amide bonds. The molecule has 0 saturated carbocycles. The largest absolute Gasteiger partial charge is 0.479 e. The summed E-state index contributed by atoms with van der Waals surface area (Å²) in [4.78, 5) is 8.55. The predicted octanol–water partition coefficient (Wildman–Crippen LogP) is 2.12. The Labute approximate surface area is 108 Å². The number of methoxy groups -OCH3 is 1. The molecule has 0 unspecified atom stereocenters. The first-order chi connectivity index (χ1) is 7.60. The van der Waals surface area contributed by atoms with E-state index in [0.717, 1.165) is 0 Å². The number of aromatic nitrogens is 2. The Bertz CT molecular complexity index is 415. The van der Waals surface area contributed by atoms with Crippen LogP contribution >= 0.6 is 22.6 Å². The summed E-state index contributed by atoms with van der Waals surface area (Å²) in [5.41, 5.74) is 0.701. The number of hydrogen-bond donors (Lipinski definition) is 0. The fraction of sp³-hybridized carbons (Fsp3) is 0.500. The average molecular weight is 333 g/mol. The van der Waals surface area contributed by atoms with E-state index >= 15 is 0 Å². The quantitative estimate of drug-likeness (QED) is 0.790. The highest BCUT2D eigenvalue weighted by atomic mass is 127. The minimum absolute atomic E-state index is 0.0309. The number of nitrogens with zero attached hydrogens (tertiary/aromatic N) is 3. The Hall–Kier alpha value is -1.10. The molecule has 0 aliphatic heterocycles. The zero-order valence-corrected chi connectivity index (χ0v) is 11.5. The summed E-state index contributed by atoms with van der Waals surface area (Å²) in [5, 5.41) is 8.48. The summed E-state index contributed by atoms with van der Waals surface area (Å²) in [6.07, 6.45) is 0. The minimum Gasteiger partial charge on any atom is -0.479 e. The van der Waals surface area contributed by atoms with Gasteiger partial charge in [-0.3, -0.25) is 0 Å². The molecule has 0 bridgehead atoms.